The summed E-state index contributed by atoms with van der Waals surface area (Å²) in [4.78, 5) is 0. The van der Waals surface area contributed by atoms with Crippen LogP contribution < -0.4 is 0 Å². The maximum atomic E-state index is 5.91. The van der Waals surface area contributed by atoms with Crippen LogP contribution in [0.5, 0.6) is 0 Å². The average molecular weight is 193 g/mol. The summed E-state index contributed by atoms with van der Waals surface area (Å²) in [5.41, 5.74) is 2.13. The first-order chi connectivity index (χ1) is 6.27. The number of furan rings is 1. The summed E-state index contributed by atoms with van der Waals surface area (Å²) in [6.07, 6.45) is 1.67. The molecule has 2 heteroatoms. The number of hydrogen-bond donors (Lipinski definition) is 0. The maximum Gasteiger partial charge on any atom is 0.133 e. The normalized spacial score (nSPS) is 10.3. The van der Waals surface area contributed by atoms with Gasteiger partial charge in [0, 0.05) is 10.6 Å². The van der Waals surface area contributed by atoms with Crippen LogP contribution in [-0.4, -0.2) is 0 Å². The van der Waals surface area contributed by atoms with Gasteiger partial charge in [-0.3, -0.25) is 0 Å². The number of rotatable bonds is 1. The monoisotopic (exact) mass is 192 g/mol. The standard InChI is InChI=1S/C11H9ClO/c1-8-7-9(4-5-10(8)12)11-3-2-6-13-11/h2-7H,1H3. The van der Waals surface area contributed by atoms with Gasteiger partial charge in [-0.1, -0.05) is 11.6 Å². The van der Waals surface area contributed by atoms with E-state index in [1.165, 1.54) is 0 Å². The van der Waals surface area contributed by atoms with E-state index >= 15 is 0 Å². The number of hydrogen-bond acceptors (Lipinski definition) is 1. The average Bonchev–Trinajstić information content (AvgIpc) is 2.62. The van der Waals surface area contributed by atoms with E-state index in [0.717, 1.165) is 21.9 Å². The lowest BCUT2D eigenvalue weighted by Gasteiger charge is -2.00. The summed E-state index contributed by atoms with van der Waals surface area (Å²) in [6.45, 7) is 1.98. The minimum Gasteiger partial charge on any atom is -0.464 e. The third-order valence-corrected chi connectivity index (χ3v) is 2.39. The van der Waals surface area contributed by atoms with Crippen molar-refractivity contribution in [1.82, 2.24) is 0 Å². The van der Waals surface area contributed by atoms with Gasteiger partial charge in [0.1, 0.15) is 5.76 Å². The van der Waals surface area contributed by atoms with Crippen molar-refractivity contribution in [1.29, 1.82) is 0 Å². The van der Waals surface area contributed by atoms with E-state index in [1.807, 2.05) is 37.3 Å². The Balaban J connectivity index is 2.49. The van der Waals surface area contributed by atoms with Crippen molar-refractivity contribution in [3.63, 3.8) is 0 Å². The SMILES string of the molecule is Cc1cc(-c2ccco2)ccc1Cl. The molecule has 13 heavy (non-hydrogen) atoms. The van der Waals surface area contributed by atoms with E-state index in [-0.39, 0.29) is 0 Å². The smallest absolute Gasteiger partial charge is 0.133 e. The zero-order valence-electron chi connectivity index (χ0n) is 7.25. The summed E-state index contributed by atoms with van der Waals surface area (Å²) < 4.78 is 5.27. The molecule has 1 aromatic carbocycles. The molecule has 0 amide bonds. The molecular weight excluding hydrogens is 184 g/mol. The first-order valence-electron chi connectivity index (χ1n) is 4.07. The molecule has 2 aromatic rings. The Morgan fingerprint density at radius 1 is 1.23 bits per heavy atom. The molecule has 0 saturated carbocycles. The van der Waals surface area contributed by atoms with Crippen molar-refractivity contribution in [3.05, 3.63) is 47.2 Å². The number of aryl methyl sites for hydroxylation is 1. The Kier molecular flexibility index (Phi) is 2.11. The molecule has 0 N–H and O–H groups in total. The Hall–Kier alpha value is -1.21. The lowest BCUT2D eigenvalue weighted by molar-refractivity contribution is 0.582. The van der Waals surface area contributed by atoms with Gasteiger partial charge < -0.3 is 4.42 Å². The topological polar surface area (TPSA) is 13.1 Å². The molecule has 0 aliphatic heterocycles. The Morgan fingerprint density at radius 3 is 2.69 bits per heavy atom. The second kappa shape index (κ2) is 3.27. The largest absolute Gasteiger partial charge is 0.464 e. The van der Waals surface area contributed by atoms with Gasteiger partial charge in [0.25, 0.3) is 0 Å². The minimum atomic E-state index is 0.787. The molecule has 0 spiro atoms. The zero-order valence-corrected chi connectivity index (χ0v) is 8.01. The van der Waals surface area contributed by atoms with Gasteiger partial charge in [-0.05, 0) is 42.8 Å². The van der Waals surface area contributed by atoms with Crippen molar-refractivity contribution < 1.29 is 4.42 Å². The van der Waals surface area contributed by atoms with Crippen molar-refractivity contribution in [3.8, 4) is 11.3 Å². The highest BCUT2D eigenvalue weighted by molar-refractivity contribution is 6.31. The molecule has 66 valence electrons. The fraction of sp³-hybridized carbons (Fsp3) is 0.0909. The summed E-state index contributed by atoms with van der Waals surface area (Å²) in [5, 5.41) is 0.787. The fourth-order valence-electron chi connectivity index (χ4n) is 1.24. The zero-order chi connectivity index (χ0) is 9.26. The molecule has 2 rings (SSSR count). The van der Waals surface area contributed by atoms with Gasteiger partial charge >= 0.3 is 0 Å². The molecule has 1 aromatic heterocycles. The second-order valence-electron chi connectivity index (χ2n) is 2.94. The highest BCUT2D eigenvalue weighted by Gasteiger charge is 2.01. The lowest BCUT2D eigenvalue weighted by atomic mass is 10.1. The fourth-order valence-corrected chi connectivity index (χ4v) is 1.36. The van der Waals surface area contributed by atoms with Crippen LogP contribution in [0.3, 0.4) is 0 Å². The van der Waals surface area contributed by atoms with Crippen molar-refractivity contribution in [2.75, 3.05) is 0 Å². The third-order valence-electron chi connectivity index (χ3n) is 1.96. The van der Waals surface area contributed by atoms with Gasteiger partial charge in [0.05, 0.1) is 6.26 Å². The van der Waals surface area contributed by atoms with Crippen LogP contribution in [-0.2, 0) is 0 Å². The highest BCUT2D eigenvalue weighted by atomic mass is 35.5. The molecular formula is C11H9ClO. The summed E-state index contributed by atoms with van der Waals surface area (Å²) in [5.74, 6) is 0.875. The molecule has 1 nitrogen and oxygen atoms in total. The summed E-state index contributed by atoms with van der Waals surface area (Å²) in [7, 11) is 0. The molecule has 0 radical (unpaired) electrons. The lowest BCUT2D eigenvalue weighted by Crippen LogP contribution is -1.77. The van der Waals surface area contributed by atoms with Crippen LogP contribution in [0.15, 0.2) is 41.0 Å². The van der Waals surface area contributed by atoms with Gasteiger partial charge in [0.15, 0.2) is 0 Å². The maximum absolute atomic E-state index is 5.91. The molecule has 0 unspecified atom stereocenters. The molecule has 0 fully saturated rings. The van der Waals surface area contributed by atoms with Crippen molar-refractivity contribution in [2.45, 2.75) is 6.92 Å². The van der Waals surface area contributed by atoms with Crippen LogP contribution in [0.2, 0.25) is 5.02 Å². The number of halogens is 1. The van der Waals surface area contributed by atoms with Gasteiger partial charge in [0.2, 0.25) is 0 Å². The van der Waals surface area contributed by atoms with Crippen molar-refractivity contribution >= 4 is 11.6 Å². The Morgan fingerprint density at radius 2 is 2.08 bits per heavy atom. The third kappa shape index (κ3) is 1.61. The van der Waals surface area contributed by atoms with Crippen LogP contribution in [0, 0.1) is 6.92 Å². The Labute approximate surface area is 82.0 Å². The van der Waals surface area contributed by atoms with Crippen LogP contribution in [0.25, 0.3) is 11.3 Å². The van der Waals surface area contributed by atoms with E-state index in [9.17, 15) is 0 Å². The molecule has 0 saturated heterocycles. The van der Waals surface area contributed by atoms with Gasteiger partial charge in [-0.2, -0.15) is 0 Å². The van der Waals surface area contributed by atoms with E-state index in [0.29, 0.717) is 0 Å². The first-order valence-corrected chi connectivity index (χ1v) is 4.45. The van der Waals surface area contributed by atoms with E-state index in [2.05, 4.69) is 0 Å². The van der Waals surface area contributed by atoms with Crippen molar-refractivity contribution in [2.24, 2.45) is 0 Å². The highest BCUT2D eigenvalue weighted by Crippen LogP contribution is 2.24. The van der Waals surface area contributed by atoms with Crippen LogP contribution in [0.4, 0.5) is 0 Å². The Bertz CT molecular complexity index is 404. The quantitative estimate of drug-likeness (QED) is 0.668. The van der Waals surface area contributed by atoms with E-state index in [1.54, 1.807) is 6.26 Å². The van der Waals surface area contributed by atoms with Crippen LogP contribution >= 0.6 is 11.6 Å². The summed E-state index contributed by atoms with van der Waals surface area (Å²) >= 11 is 5.91. The number of benzene rings is 1. The first kappa shape index (κ1) is 8.39. The van der Waals surface area contributed by atoms with Crippen LogP contribution in [0.1, 0.15) is 5.56 Å². The van der Waals surface area contributed by atoms with Gasteiger partial charge in [-0.15, -0.1) is 0 Å². The predicted molar refractivity (Wildman–Crippen MR) is 53.9 cm³/mol. The molecule has 0 atom stereocenters. The summed E-state index contributed by atoms with van der Waals surface area (Å²) in [6, 6.07) is 9.66. The van der Waals surface area contributed by atoms with Gasteiger partial charge in [-0.25, -0.2) is 0 Å². The predicted octanol–water partition coefficient (Wildman–Crippen LogP) is 3.91. The van der Waals surface area contributed by atoms with E-state index in [4.69, 9.17) is 16.0 Å². The second-order valence-corrected chi connectivity index (χ2v) is 3.35. The molecule has 1 heterocycles. The van der Waals surface area contributed by atoms with E-state index < -0.39 is 0 Å². The minimum absolute atomic E-state index is 0.787. The molecule has 0 aliphatic rings. The molecule has 0 aliphatic carbocycles. The molecule has 0 bridgehead atoms.